The van der Waals surface area contributed by atoms with E-state index in [1.807, 2.05) is 0 Å². The highest BCUT2D eigenvalue weighted by atomic mass is 16.1. The summed E-state index contributed by atoms with van der Waals surface area (Å²) < 4.78 is 0. The highest BCUT2D eigenvalue weighted by molar-refractivity contribution is 5.96. The van der Waals surface area contributed by atoms with Gasteiger partial charge in [0.05, 0.1) is 0 Å². The fourth-order valence-corrected chi connectivity index (χ4v) is 2.62. The van der Waals surface area contributed by atoms with Gasteiger partial charge < -0.3 is 16.8 Å². The van der Waals surface area contributed by atoms with Crippen LogP contribution in [0.4, 0.5) is 5.69 Å². The van der Waals surface area contributed by atoms with E-state index in [0.717, 1.165) is 31.5 Å². The number of nitrogen functional groups attached to an aromatic ring is 1. The van der Waals surface area contributed by atoms with Gasteiger partial charge in [-0.2, -0.15) is 0 Å². The van der Waals surface area contributed by atoms with Gasteiger partial charge in [-0.3, -0.25) is 10.2 Å². The van der Waals surface area contributed by atoms with Crippen LogP contribution in [0.5, 0.6) is 0 Å². The van der Waals surface area contributed by atoms with Crippen molar-refractivity contribution < 1.29 is 4.79 Å². The first kappa shape index (κ1) is 20.2. The van der Waals surface area contributed by atoms with Crippen molar-refractivity contribution in [3.8, 4) is 0 Å². The minimum Gasteiger partial charge on any atom is -0.384 e. The van der Waals surface area contributed by atoms with Crippen LogP contribution in [0.3, 0.4) is 0 Å². The van der Waals surface area contributed by atoms with Gasteiger partial charge in [0.1, 0.15) is 5.84 Å². The van der Waals surface area contributed by atoms with E-state index in [0.29, 0.717) is 12.0 Å². The Morgan fingerprint density at radius 2 is 1.38 bits per heavy atom. The van der Waals surface area contributed by atoms with Crippen molar-refractivity contribution in [1.82, 2.24) is 0 Å². The molecule has 0 saturated carbocycles. The molecule has 0 radical (unpaired) electrons. The van der Waals surface area contributed by atoms with Crippen LogP contribution >= 0.6 is 0 Å². The third-order valence-electron chi connectivity index (χ3n) is 4.09. The zero-order valence-electron chi connectivity index (χ0n) is 14.7. The van der Waals surface area contributed by atoms with Crippen LogP contribution in [0.1, 0.15) is 69.8 Å². The molecule has 0 aliphatic heterocycles. The number of carbonyl (C=O) groups excluding carboxylic acids is 1. The van der Waals surface area contributed by atoms with E-state index in [2.05, 4.69) is 5.32 Å². The Balaban J connectivity index is 2.03. The Hall–Kier alpha value is -1.88. The van der Waals surface area contributed by atoms with Crippen molar-refractivity contribution >= 4 is 17.4 Å². The molecule has 5 heteroatoms. The van der Waals surface area contributed by atoms with Gasteiger partial charge in [-0.1, -0.05) is 44.9 Å². The lowest BCUT2D eigenvalue weighted by Crippen LogP contribution is -2.13. The largest absolute Gasteiger partial charge is 0.384 e. The molecule has 0 bridgehead atoms. The highest BCUT2D eigenvalue weighted by Gasteiger charge is 2.03. The van der Waals surface area contributed by atoms with E-state index >= 15 is 0 Å². The molecule has 0 spiro atoms. The lowest BCUT2D eigenvalue weighted by molar-refractivity contribution is -0.116. The smallest absolute Gasteiger partial charge is 0.224 e. The molecule has 134 valence electrons. The molecule has 0 aromatic heterocycles. The number of rotatable bonds is 13. The van der Waals surface area contributed by atoms with Crippen LogP contribution in [-0.4, -0.2) is 18.3 Å². The van der Waals surface area contributed by atoms with E-state index < -0.39 is 0 Å². The maximum absolute atomic E-state index is 11.9. The van der Waals surface area contributed by atoms with E-state index in [4.69, 9.17) is 16.9 Å². The zero-order chi connectivity index (χ0) is 17.6. The molecule has 1 rings (SSSR count). The van der Waals surface area contributed by atoms with Crippen molar-refractivity contribution in [2.75, 3.05) is 11.9 Å². The molecule has 0 aliphatic rings. The van der Waals surface area contributed by atoms with Crippen LogP contribution in [0.25, 0.3) is 0 Å². The van der Waals surface area contributed by atoms with Crippen molar-refractivity contribution in [2.24, 2.45) is 11.5 Å². The molecule has 5 nitrogen and oxygen atoms in total. The molecular weight excluding hydrogens is 300 g/mol. The summed E-state index contributed by atoms with van der Waals surface area (Å²) >= 11 is 0. The summed E-state index contributed by atoms with van der Waals surface area (Å²) in [4.78, 5) is 11.9. The first-order valence-corrected chi connectivity index (χ1v) is 9.08. The molecule has 1 aromatic rings. The Morgan fingerprint density at radius 1 is 0.875 bits per heavy atom. The van der Waals surface area contributed by atoms with Gasteiger partial charge in [0, 0.05) is 17.7 Å². The summed E-state index contributed by atoms with van der Waals surface area (Å²) in [5, 5.41) is 10.2. The minimum absolute atomic E-state index is 0.0345. The normalized spacial score (nSPS) is 10.5. The first-order chi connectivity index (χ1) is 11.6. The lowest BCUT2D eigenvalue weighted by atomic mass is 10.1. The number of amides is 1. The van der Waals surface area contributed by atoms with Crippen molar-refractivity contribution in [2.45, 2.75) is 64.2 Å². The minimum atomic E-state index is 0.0345. The second-order valence-electron chi connectivity index (χ2n) is 6.26. The van der Waals surface area contributed by atoms with E-state index in [-0.39, 0.29) is 11.7 Å². The van der Waals surface area contributed by atoms with Gasteiger partial charge in [-0.15, -0.1) is 0 Å². The van der Waals surface area contributed by atoms with Crippen LogP contribution in [0.2, 0.25) is 0 Å². The van der Waals surface area contributed by atoms with Crippen LogP contribution < -0.4 is 16.8 Å². The molecule has 0 saturated heterocycles. The van der Waals surface area contributed by atoms with Crippen LogP contribution in [-0.2, 0) is 4.79 Å². The maximum atomic E-state index is 11.9. The Kier molecular flexibility index (Phi) is 10.5. The maximum Gasteiger partial charge on any atom is 0.224 e. The SMILES string of the molecule is N=C(N)c1ccc(NC(=O)CCCCCCCCCCCN)cc1. The summed E-state index contributed by atoms with van der Waals surface area (Å²) in [5.41, 5.74) is 12.3. The molecule has 0 aliphatic carbocycles. The van der Waals surface area contributed by atoms with Crippen molar-refractivity contribution in [1.29, 1.82) is 5.41 Å². The highest BCUT2D eigenvalue weighted by Crippen LogP contribution is 2.12. The van der Waals surface area contributed by atoms with Crippen molar-refractivity contribution in [3.05, 3.63) is 29.8 Å². The second-order valence-corrected chi connectivity index (χ2v) is 6.26. The third kappa shape index (κ3) is 9.30. The molecular formula is C19H32N4O. The van der Waals surface area contributed by atoms with Gasteiger partial charge >= 0.3 is 0 Å². The quantitative estimate of drug-likeness (QED) is 0.251. The van der Waals surface area contributed by atoms with E-state index in [9.17, 15) is 4.79 Å². The summed E-state index contributed by atoms with van der Waals surface area (Å²) in [6.45, 7) is 0.808. The molecule has 0 heterocycles. The molecule has 0 fully saturated rings. The predicted octanol–water partition coefficient (Wildman–Crippen LogP) is 3.77. The Morgan fingerprint density at radius 3 is 1.88 bits per heavy atom. The topological polar surface area (TPSA) is 105 Å². The number of benzene rings is 1. The van der Waals surface area contributed by atoms with Crippen LogP contribution in [0, 0.1) is 5.41 Å². The lowest BCUT2D eigenvalue weighted by Gasteiger charge is -2.06. The molecule has 0 unspecified atom stereocenters. The first-order valence-electron chi connectivity index (χ1n) is 9.08. The predicted molar refractivity (Wildman–Crippen MR) is 101 cm³/mol. The number of hydrogen-bond donors (Lipinski definition) is 4. The Labute approximate surface area is 145 Å². The van der Waals surface area contributed by atoms with Crippen LogP contribution in [0.15, 0.2) is 24.3 Å². The third-order valence-corrected chi connectivity index (χ3v) is 4.09. The summed E-state index contributed by atoms with van der Waals surface area (Å²) in [6.07, 6.45) is 11.4. The number of anilines is 1. The fourth-order valence-electron chi connectivity index (χ4n) is 2.62. The Bertz CT molecular complexity index is 485. The molecule has 1 amide bonds. The molecule has 24 heavy (non-hydrogen) atoms. The molecule has 1 aromatic carbocycles. The average molecular weight is 332 g/mol. The zero-order valence-corrected chi connectivity index (χ0v) is 14.7. The molecule has 0 atom stereocenters. The number of hydrogen-bond acceptors (Lipinski definition) is 3. The number of nitrogens with two attached hydrogens (primary N) is 2. The number of carbonyl (C=O) groups is 1. The van der Waals surface area contributed by atoms with Gasteiger partial charge in [0.2, 0.25) is 5.91 Å². The van der Waals surface area contributed by atoms with Gasteiger partial charge in [0.15, 0.2) is 0 Å². The summed E-state index contributed by atoms with van der Waals surface area (Å²) in [5.74, 6) is 0.0830. The molecule has 6 N–H and O–H groups in total. The van der Waals surface area contributed by atoms with Crippen molar-refractivity contribution in [3.63, 3.8) is 0 Å². The number of amidine groups is 1. The number of nitrogens with one attached hydrogen (secondary N) is 2. The second kappa shape index (κ2) is 12.5. The van der Waals surface area contributed by atoms with E-state index in [1.165, 1.54) is 38.5 Å². The monoisotopic (exact) mass is 332 g/mol. The average Bonchev–Trinajstić information content (AvgIpc) is 2.57. The standard InChI is InChI=1S/C19H32N4O/c20-15-9-7-5-3-1-2-4-6-8-10-18(24)23-17-13-11-16(12-14-17)19(21)22/h11-14H,1-10,15,20H2,(H3,21,22)(H,23,24). The summed E-state index contributed by atoms with van der Waals surface area (Å²) in [7, 11) is 0. The number of unbranched alkanes of at least 4 members (excludes halogenated alkanes) is 8. The van der Waals surface area contributed by atoms with Gasteiger partial charge in [0.25, 0.3) is 0 Å². The fraction of sp³-hybridized carbons (Fsp3) is 0.579. The summed E-state index contributed by atoms with van der Waals surface area (Å²) in [6, 6.07) is 7.04. The van der Waals surface area contributed by atoms with Gasteiger partial charge in [-0.25, -0.2) is 0 Å². The van der Waals surface area contributed by atoms with E-state index in [1.54, 1.807) is 24.3 Å². The van der Waals surface area contributed by atoms with Gasteiger partial charge in [-0.05, 0) is 43.7 Å².